The van der Waals surface area contributed by atoms with E-state index in [9.17, 15) is 13.2 Å². The Morgan fingerprint density at radius 3 is 2.62 bits per heavy atom. The van der Waals surface area contributed by atoms with Crippen LogP contribution in [-0.4, -0.2) is 9.97 Å². The summed E-state index contributed by atoms with van der Waals surface area (Å²) in [5.74, 6) is 3.08. The molecule has 1 aliphatic rings. The molecule has 1 N–H and O–H groups in total. The summed E-state index contributed by atoms with van der Waals surface area (Å²) in [4.78, 5) is 8.89. The number of nitrogens with one attached hydrogen (secondary N) is 1. The van der Waals surface area contributed by atoms with Gasteiger partial charge in [0.25, 0.3) is 0 Å². The molecule has 7 heteroatoms. The molecule has 1 aromatic heterocycles. The molecule has 1 atom stereocenters. The Kier molecular flexibility index (Phi) is 4.46. The number of rotatable bonds is 3. The summed E-state index contributed by atoms with van der Waals surface area (Å²) < 4.78 is 39.3. The Morgan fingerprint density at radius 2 is 1.92 bits per heavy atom. The highest BCUT2D eigenvalue weighted by Gasteiger charge is 2.33. The minimum atomic E-state index is -4.34. The SMILES string of the molecule is Cc1nc2c(c(N[C@H](C)c3cccc(C(F)(F)F)c3C)n1)CSC2. The maximum atomic E-state index is 13.1. The van der Waals surface area contributed by atoms with E-state index >= 15 is 0 Å². The van der Waals surface area contributed by atoms with Crippen LogP contribution in [0.1, 0.15) is 46.7 Å². The number of anilines is 1. The monoisotopic (exact) mass is 353 g/mol. The molecule has 2 heterocycles. The first kappa shape index (κ1) is 17.1. The molecular formula is C17H18F3N3S. The molecule has 1 aliphatic heterocycles. The summed E-state index contributed by atoms with van der Waals surface area (Å²) in [5, 5.41) is 3.29. The Balaban J connectivity index is 1.93. The number of hydrogen-bond donors (Lipinski definition) is 1. The molecule has 3 rings (SSSR count). The molecule has 0 spiro atoms. The maximum Gasteiger partial charge on any atom is 0.416 e. The summed E-state index contributed by atoms with van der Waals surface area (Å²) >= 11 is 1.77. The van der Waals surface area contributed by atoms with Gasteiger partial charge in [-0.1, -0.05) is 12.1 Å². The van der Waals surface area contributed by atoms with Gasteiger partial charge in [0.15, 0.2) is 0 Å². The van der Waals surface area contributed by atoms with E-state index in [1.807, 2.05) is 13.8 Å². The number of nitrogens with zero attached hydrogens (tertiary/aromatic N) is 2. The third kappa shape index (κ3) is 3.22. The van der Waals surface area contributed by atoms with Gasteiger partial charge in [-0.25, -0.2) is 9.97 Å². The van der Waals surface area contributed by atoms with Gasteiger partial charge in [0, 0.05) is 17.1 Å². The third-order valence-corrected chi connectivity index (χ3v) is 5.16. The Bertz CT molecular complexity index is 774. The first-order valence-corrected chi connectivity index (χ1v) is 8.80. The second kappa shape index (κ2) is 6.27. The summed E-state index contributed by atoms with van der Waals surface area (Å²) in [6.07, 6.45) is -4.34. The van der Waals surface area contributed by atoms with Crippen molar-refractivity contribution in [2.45, 2.75) is 44.5 Å². The molecule has 0 aliphatic carbocycles. The van der Waals surface area contributed by atoms with E-state index < -0.39 is 11.7 Å². The molecule has 0 saturated heterocycles. The van der Waals surface area contributed by atoms with E-state index in [0.29, 0.717) is 11.4 Å². The number of alkyl halides is 3. The second-order valence-corrected chi connectivity index (χ2v) is 6.91. The van der Waals surface area contributed by atoms with E-state index in [1.54, 1.807) is 17.8 Å². The quantitative estimate of drug-likeness (QED) is 0.840. The molecule has 3 nitrogen and oxygen atoms in total. The van der Waals surface area contributed by atoms with Gasteiger partial charge in [0.05, 0.1) is 17.3 Å². The van der Waals surface area contributed by atoms with Gasteiger partial charge in [-0.3, -0.25) is 0 Å². The minimum absolute atomic E-state index is 0.252. The molecule has 0 unspecified atom stereocenters. The fraction of sp³-hybridized carbons (Fsp3) is 0.412. The van der Waals surface area contributed by atoms with Gasteiger partial charge in [-0.15, -0.1) is 0 Å². The van der Waals surface area contributed by atoms with Crippen molar-refractivity contribution in [2.24, 2.45) is 0 Å². The van der Waals surface area contributed by atoms with E-state index in [1.165, 1.54) is 13.0 Å². The standard InChI is InChI=1S/C17H18F3N3S/c1-9-12(5-4-6-14(9)17(18,19)20)10(2)21-16-13-7-24-8-15(13)22-11(3)23-16/h4-6,10H,7-8H2,1-3H3,(H,21,22,23)/t10-/m1/s1. The smallest absolute Gasteiger partial charge is 0.363 e. The van der Waals surface area contributed by atoms with Gasteiger partial charge in [0.1, 0.15) is 11.6 Å². The van der Waals surface area contributed by atoms with E-state index in [-0.39, 0.29) is 11.6 Å². The van der Waals surface area contributed by atoms with Crippen LogP contribution in [0.5, 0.6) is 0 Å². The van der Waals surface area contributed by atoms with Crippen molar-refractivity contribution in [3.05, 3.63) is 52.0 Å². The van der Waals surface area contributed by atoms with Crippen molar-refractivity contribution in [2.75, 3.05) is 5.32 Å². The number of benzene rings is 1. The van der Waals surface area contributed by atoms with Crippen molar-refractivity contribution in [1.29, 1.82) is 0 Å². The Labute approximate surface area is 143 Å². The van der Waals surface area contributed by atoms with Crippen LogP contribution in [0.25, 0.3) is 0 Å². The zero-order valence-corrected chi connectivity index (χ0v) is 14.5. The highest BCUT2D eigenvalue weighted by molar-refractivity contribution is 7.98. The number of fused-ring (bicyclic) bond motifs is 1. The van der Waals surface area contributed by atoms with Crippen molar-refractivity contribution < 1.29 is 13.2 Å². The van der Waals surface area contributed by atoms with Crippen LogP contribution < -0.4 is 5.32 Å². The van der Waals surface area contributed by atoms with Crippen LogP contribution in [0.3, 0.4) is 0 Å². The molecule has 0 amide bonds. The largest absolute Gasteiger partial charge is 0.416 e. The first-order valence-electron chi connectivity index (χ1n) is 7.64. The maximum absolute atomic E-state index is 13.1. The number of aromatic nitrogens is 2. The average molecular weight is 353 g/mol. The molecule has 2 aromatic rings. The second-order valence-electron chi connectivity index (χ2n) is 5.92. The highest BCUT2D eigenvalue weighted by Crippen LogP contribution is 2.37. The van der Waals surface area contributed by atoms with Gasteiger partial charge in [0.2, 0.25) is 0 Å². The summed E-state index contributed by atoms with van der Waals surface area (Å²) in [5.41, 5.74) is 2.36. The third-order valence-electron chi connectivity index (χ3n) is 4.19. The fourth-order valence-corrected chi connectivity index (χ4v) is 4.05. The van der Waals surface area contributed by atoms with Crippen molar-refractivity contribution >= 4 is 17.6 Å². The van der Waals surface area contributed by atoms with Gasteiger partial charge < -0.3 is 5.32 Å². The molecule has 0 radical (unpaired) electrons. The molecule has 128 valence electrons. The normalized spacial score (nSPS) is 15.2. The average Bonchev–Trinajstić information content (AvgIpc) is 2.94. The highest BCUT2D eigenvalue weighted by atomic mass is 32.2. The van der Waals surface area contributed by atoms with Crippen LogP contribution in [-0.2, 0) is 17.7 Å². The van der Waals surface area contributed by atoms with Crippen LogP contribution in [0.4, 0.5) is 19.0 Å². The Morgan fingerprint density at radius 1 is 1.17 bits per heavy atom. The lowest BCUT2D eigenvalue weighted by atomic mass is 9.97. The van der Waals surface area contributed by atoms with Crippen LogP contribution in [0.15, 0.2) is 18.2 Å². The summed E-state index contributed by atoms with van der Waals surface area (Å²) in [6, 6.07) is 4.02. The lowest BCUT2D eigenvalue weighted by Crippen LogP contribution is -2.15. The zero-order valence-electron chi connectivity index (χ0n) is 13.7. The minimum Gasteiger partial charge on any atom is -0.363 e. The van der Waals surface area contributed by atoms with Crippen LogP contribution >= 0.6 is 11.8 Å². The topological polar surface area (TPSA) is 37.8 Å². The summed E-state index contributed by atoms with van der Waals surface area (Å²) in [6.45, 7) is 5.20. The van der Waals surface area contributed by atoms with Crippen molar-refractivity contribution in [3.63, 3.8) is 0 Å². The van der Waals surface area contributed by atoms with E-state index in [4.69, 9.17) is 0 Å². The molecule has 0 saturated carbocycles. The van der Waals surface area contributed by atoms with E-state index in [0.717, 1.165) is 34.6 Å². The zero-order chi connectivity index (χ0) is 17.5. The van der Waals surface area contributed by atoms with Crippen LogP contribution in [0, 0.1) is 13.8 Å². The first-order chi connectivity index (χ1) is 11.3. The predicted molar refractivity (Wildman–Crippen MR) is 90.0 cm³/mol. The Hall–Kier alpha value is -1.76. The number of aryl methyl sites for hydroxylation is 1. The fourth-order valence-electron chi connectivity index (χ4n) is 3.01. The van der Waals surface area contributed by atoms with Crippen LogP contribution in [0.2, 0.25) is 0 Å². The molecule has 1 aromatic carbocycles. The van der Waals surface area contributed by atoms with Crippen molar-refractivity contribution in [1.82, 2.24) is 9.97 Å². The van der Waals surface area contributed by atoms with Gasteiger partial charge in [-0.2, -0.15) is 24.9 Å². The van der Waals surface area contributed by atoms with E-state index in [2.05, 4.69) is 15.3 Å². The summed E-state index contributed by atoms with van der Waals surface area (Å²) in [7, 11) is 0. The van der Waals surface area contributed by atoms with Crippen molar-refractivity contribution in [3.8, 4) is 0 Å². The molecular weight excluding hydrogens is 335 g/mol. The lowest BCUT2D eigenvalue weighted by molar-refractivity contribution is -0.138. The number of thioether (sulfide) groups is 1. The molecule has 0 fully saturated rings. The molecule has 0 bridgehead atoms. The molecule has 24 heavy (non-hydrogen) atoms. The van der Waals surface area contributed by atoms with Gasteiger partial charge in [-0.05, 0) is 38.0 Å². The predicted octanol–water partition coefficient (Wildman–Crippen LogP) is 5.03. The number of halogens is 3. The number of hydrogen-bond acceptors (Lipinski definition) is 4. The van der Waals surface area contributed by atoms with Gasteiger partial charge >= 0.3 is 6.18 Å². The lowest BCUT2D eigenvalue weighted by Gasteiger charge is -2.21.